The SMILES string of the molecule is CC(C)Oc1ccccc1[C@@H]1COCCN1[C@@H]1CCC2(CCCN(c3ccc(C(N)=O)c(N4c5cc6cc[nH]c6nc5O[C@H]5COCC[C@@H]54)c3S(=O)(=O)c3cc4c(c([N+](=O)[O-])c3)N[C@H](C3(F)CCOCC3)CO4)C2)C1. The molecule has 6 aliphatic heterocycles. The molecule has 1 spiro atoms. The van der Waals surface area contributed by atoms with E-state index < -0.39 is 55.1 Å². The topological polar surface area (TPSA) is 226 Å². The van der Waals surface area contributed by atoms with E-state index in [0.29, 0.717) is 61.7 Å². The summed E-state index contributed by atoms with van der Waals surface area (Å²) in [5.41, 5.74) is 5.93. The first-order valence-electron chi connectivity index (χ1n) is 26.3. The van der Waals surface area contributed by atoms with E-state index in [1.165, 1.54) is 6.07 Å². The molecule has 1 saturated carbocycles. The van der Waals surface area contributed by atoms with Crippen molar-refractivity contribution in [1.29, 1.82) is 0 Å². The van der Waals surface area contributed by atoms with Gasteiger partial charge < -0.3 is 54.3 Å². The fraction of sp³-hybridized carbons (Fsp3) is 0.519. The lowest BCUT2D eigenvalue weighted by molar-refractivity contribution is -0.384. The molecule has 1 amide bonds. The Labute approximate surface area is 434 Å². The maximum Gasteiger partial charge on any atom is 0.297 e. The monoisotopic (exact) mass is 1050 g/mol. The van der Waals surface area contributed by atoms with Gasteiger partial charge in [-0.05, 0) is 88.1 Å². The van der Waals surface area contributed by atoms with Gasteiger partial charge in [0, 0.05) is 87.6 Å². The summed E-state index contributed by atoms with van der Waals surface area (Å²) in [7, 11) is -4.90. The average molecular weight is 1050 g/mol. The van der Waals surface area contributed by atoms with Crippen molar-refractivity contribution < 1.29 is 50.9 Å². The van der Waals surface area contributed by atoms with Crippen LogP contribution in [0.2, 0.25) is 0 Å². The molecule has 3 aromatic carbocycles. The summed E-state index contributed by atoms with van der Waals surface area (Å²) < 4.78 is 85.6. The summed E-state index contributed by atoms with van der Waals surface area (Å²) in [4.78, 5) is 40.3. The van der Waals surface area contributed by atoms with Gasteiger partial charge in [0.05, 0.1) is 70.8 Å². The molecule has 8 heterocycles. The second-order valence-corrected chi connectivity index (χ2v) is 23.4. The van der Waals surface area contributed by atoms with E-state index in [9.17, 15) is 14.9 Å². The molecule has 0 bridgehead atoms. The molecule has 7 aliphatic rings. The zero-order valence-electron chi connectivity index (χ0n) is 42.1. The number of para-hydroxylation sites is 1. The normalized spacial score (nSPS) is 26.7. The van der Waals surface area contributed by atoms with Crippen molar-refractivity contribution in [3.05, 3.63) is 88.1 Å². The van der Waals surface area contributed by atoms with Crippen molar-refractivity contribution in [2.45, 2.75) is 117 Å². The summed E-state index contributed by atoms with van der Waals surface area (Å²) in [6.45, 7) is 7.55. The molecular weight excluding hydrogens is 988 g/mol. The lowest BCUT2D eigenvalue weighted by Gasteiger charge is -2.47. The fourth-order valence-corrected chi connectivity index (χ4v) is 14.8. The maximum absolute atomic E-state index is 16.4. The number of nitrogens with one attached hydrogen (secondary N) is 2. The Hall–Kier alpha value is -6.26. The Kier molecular flexibility index (Phi) is 12.8. The van der Waals surface area contributed by atoms with Gasteiger partial charge in [0.25, 0.3) is 11.6 Å². The highest BCUT2D eigenvalue weighted by molar-refractivity contribution is 7.91. The standard InChI is InChI=1S/C54H63FN8O11S/c1-32(2)73-43-7-4-3-6-36(43)42-28-71-23-19-61(42)34-10-14-53(27-34)13-5-18-60(31-53)39-9-8-37(50(56)64)48(62-38-12-20-70-29-45(38)74-52-41(62)24-33-11-17-57-51(33)59-52)49(39)75(67,68)35-25-40(63(65)66)47-44(26-35)72-30-46(58-47)54(55)15-21-69-22-16-54/h3-4,6-9,11,17,24-26,32,34,38,42,45-46,58H,5,10,12-16,18-23,27-31H2,1-2H3,(H2,56,64)(H,57,59)/t34-,38+,42+,45+,46+,53?/m1/s1. The molecule has 4 saturated heterocycles. The maximum atomic E-state index is 16.4. The molecule has 75 heavy (non-hydrogen) atoms. The number of aromatic nitrogens is 2. The third kappa shape index (κ3) is 8.86. The number of nitrogens with zero attached hydrogens (tertiary/aromatic N) is 5. The highest BCUT2D eigenvalue weighted by Crippen LogP contribution is 2.54. The minimum atomic E-state index is -4.90. The van der Waals surface area contributed by atoms with Gasteiger partial charge in [0.15, 0.2) is 11.4 Å². The Balaban J connectivity index is 0.990. The number of pyridine rings is 1. The smallest absolute Gasteiger partial charge is 0.297 e. The number of aromatic amines is 1. The quantitative estimate of drug-likeness (QED) is 0.0848. The van der Waals surface area contributed by atoms with Crippen LogP contribution in [0.25, 0.3) is 11.0 Å². The van der Waals surface area contributed by atoms with Crippen molar-refractivity contribution in [3.63, 3.8) is 0 Å². The van der Waals surface area contributed by atoms with Crippen molar-refractivity contribution in [3.8, 4) is 17.4 Å². The van der Waals surface area contributed by atoms with E-state index >= 15 is 12.8 Å². The van der Waals surface area contributed by atoms with E-state index in [1.54, 1.807) is 18.3 Å². The summed E-state index contributed by atoms with van der Waals surface area (Å²) in [5, 5.41) is 16.9. The van der Waals surface area contributed by atoms with E-state index in [4.69, 9.17) is 39.1 Å². The molecule has 21 heteroatoms. The molecule has 6 atom stereocenters. The molecule has 2 aromatic heterocycles. The van der Waals surface area contributed by atoms with Crippen LogP contribution in [-0.4, -0.2) is 136 Å². The van der Waals surface area contributed by atoms with Gasteiger partial charge in [-0.1, -0.05) is 18.2 Å². The lowest BCUT2D eigenvalue weighted by atomic mass is 9.78. The van der Waals surface area contributed by atoms with Gasteiger partial charge in [0.1, 0.15) is 40.4 Å². The van der Waals surface area contributed by atoms with Crippen LogP contribution >= 0.6 is 0 Å². The van der Waals surface area contributed by atoms with Crippen LogP contribution < -0.4 is 35.1 Å². The van der Waals surface area contributed by atoms with Gasteiger partial charge in [-0.3, -0.25) is 19.8 Å². The van der Waals surface area contributed by atoms with Crippen LogP contribution in [0.15, 0.2) is 76.7 Å². The second-order valence-electron chi connectivity index (χ2n) is 21.5. The number of halogens is 1. The molecule has 4 N–H and O–H groups in total. The number of sulfone groups is 1. The molecule has 5 fully saturated rings. The number of hydrogen-bond donors (Lipinski definition) is 3. The molecule has 19 nitrogen and oxygen atoms in total. The number of nitro benzene ring substituents is 1. The number of alkyl halides is 1. The fourth-order valence-electron chi connectivity index (χ4n) is 13.1. The number of nitro groups is 1. The van der Waals surface area contributed by atoms with E-state index in [0.717, 1.165) is 56.0 Å². The Morgan fingerprint density at radius 3 is 2.60 bits per heavy atom. The zero-order valence-corrected chi connectivity index (χ0v) is 42.9. The number of piperidine rings is 1. The highest BCUT2D eigenvalue weighted by Gasteiger charge is 2.50. The number of morpholine rings is 1. The van der Waals surface area contributed by atoms with Crippen LogP contribution in [0.5, 0.6) is 17.4 Å². The Bertz CT molecular complexity index is 3150. The van der Waals surface area contributed by atoms with E-state index in [-0.39, 0.29) is 96.3 Å². The van der Waals surface area contributed by atoms with Crippen LogP contribution in [0.3, 0.4) is 0 Å². The van der Waals surface area contributed by atoms with Crippen LogP contribution in [0.4, 0.5) is 32.8 Å². The van der Waals surface area contributed by atoms with Gasteiger partial charge >= 0.3 is 0 Å². The van der Waals surface area contributed by atoms with E-state index in [1.807, 2.05) is 49.1 Å². The van der Waals surface area contributed by atoms with Crippen LogP contribution in [0, 0.1) is 15.5 Å². The predicted molar refractivity (Wildman–Crippen MR) is 276 cm³/mol. The number of fused-ring (bicyclic) bond motifs is 4. The molecular formula is C54H63FN8O11S. The second kappa shape index (κ2) is 19.4. The average Bonchev–Trinajstić information content (AvgIpc) is 4.05. The van der Waals surface area contributed by atoms with Gasteiger partial charge in [0.2, 0.25) is 15.7 Å². The molecule has 0 radical (unpaired) electrons. The Morgan fingerprint density at radius 1 is 0.960 bits per heavy atom. The zero-order chi connectivity index (χ0) is 51.8. The minimum Gasteiger partial charge on any atom is -0.491 e. The largest absolute Gasteiger partial charge is 0.491 e. The number of hydrogen-bond acceptors (Lipinski definition) is 16. The number of carbonyl (C=O) groups is 1. The number of primary amides is 1. The number of carbonyl (C=O) groups excluding carboxylic acids is 1. The van der Waals surface area contributed by atoms with Crippen LogP contribution in [0.1, 0.15) is 87.2 Å². The predicted octanol–water partition coefficient (Wildman–Crippen LogP) is 7.78. The molecule has 5 aromatic rings. The number of rotatable bonds is 11. The first kappa shape index (κ1) is 49.6. The third-order valence-electron chi connectivity index (χ3n) is 16.7. The number of benzene rings is 3. The summed E-state index contributed by atoms with van der Waals surface area (Å²) in [6, 6.07) is 16.1. The summed E-state index contributed by atoms with van der Waals surface area (Å²) >= 11 is 0. The number of H-pyrrole nitrogens is 1. The van der Waals surface area contributed by atoms with Gasteiger partial charge in [-0.2, -0.15) is 4.98 Å². The number of anilines is 4. The summed E-state index contributed by atoms with van der Waals surface area (Å²) in [5.74, 6) is 0.0509. The highest BCUT2D eigenvalue weighted by atomic mass is 32.2. The third-order valence-corrected chi connectivity index (χ3v) is 18.5. The van der Waals surface area contributed by atoms with Crippen molar-refractivity contribution in [2.24, 2.45) is 11.1 Å². The van der Waals surface area contributed by atoms with Crippen molar-refractivity contribution in [2.75, 3.05) is 81.0 Å². The molecule has 1 unspecified atom stereocenters. The lowest BCUT2D eigenvalue weighted by Crippen LogP contribution is -2.53. The van der Waals surface area contributed by atoms with Gasteiger partial charge in [-0.25, -0.2) is 12.8 Å². The first-order valence-corrected chi connectivity index (χ1v) is 27.7. The minimum absolute atomic E-state index is 0.00531. The van der Waals surface area contributed by atoms with E-state index in [2.05, 4.69) is 26.2 Å². The van der Waals surface area contributed by atoms with Crippen molar-refractivity contribution >= 4 is 55.2 Å². The first-order chi connectivity index (χ1) is 36.2. The number of ether oxygens (including phenoxy) is 6. The van der Waals surface area contributed by atoms with Crippen molar-refractivity contribution in [1.82, 2.24) is 14.9 Å². The van der Waals surface area contributed by atoms with Gasteiger partial charge in [-0.15, -0.1) is 0 Å². The molecule has 12 rings (SSSR count). The molecule has 1 aliphatic carbocycles. The molecule has 398 valence electrons. The van der Waals surface area contributed by atoms with Crippen LogP contribution in [-0.2, 0) is 24.0 Å². The summed E-state index contributed by atoms with van der Waals surface area (Å²) in [6.07, 6.45) is 5.95. The Morgan fingerprint density at radius 2 is 1.79 bits per heavy atom. The number of amides is 1. The number of nitrogens with two attached hydrogens (primary N) is 1.